The van der Waals surface area contributed by atoms with Crippen molar-refractivity contribution >= 4 is 21.4 Å². The number of aromatic nitrogens is 1. The van der Waals surface area contributed by atoms with Gasteiger partial charge in [0, 0.05) is 44.1 Å². The Balaban J connectivity index is 1.66. The summed E-state index contributed by atoms with van der Waals surface area (Å²) in [6, 6.07) is 3.39. The molecular formula is C15H22N4O3S. The molecule has 2 aliphatic heterocycles. The van der Waals surface area contributed by atoms with Crippen molar-refractivity contribution in [2.75, 3.05) is 50.0 Å². The lowest BCUT2D eigenvalue weighted by Crippen LogP contribution is -2.47. The molecule has 3 rings (SSSR count). The summed E-state index contributed by atoms with van der Waals surface area (Å²) >= 11 is 0. The lowest BCUT2D eigenvalue weighted by molar-refractivity contribution is 0.0658. The molecule has 1 unspecified atom stereocenters. The molecule has 1 atom stereocenters. The van der Waals surface area contributed by atoms with Crippen molar-refractivity contribution in [3.8, 4) is 0 Å². The Morgan fingerprint density at radius 3 is 2.70 bits per heavy atom. The lowest BCUT2D eigenvalue weighted by atomic mass is 10.2. The van der Waals surface area contributed by atoms with E-state index in [1.165, 1.54) is 0 Å². The van der Waals surface area contributed by atoms with E-state index in [9.17, 15) is 13.2 Å². The number of nitrogens with one attached hydrogen (secondary N) is 1. The van der Waals surface area contributed by atoms with Gasteiger partial charge in [0.2, 0.25) is 0 Å². The second-order valence-corrected chi connectivity index (χ2v) is 8.50. The van der Waals surface area contributed by atoms with Gasteiger partial charge in [0.25, 0.3) is 5.91 Å². The molecule has 23 heavy (non-hydrogen) atoms. The number of hydrogen-bond acceptors (Lipinski definition) is 6. The quantitative estimate of drug-likeness (QED) is 0.840. The van der Waals surface area contributed by atoms with Crippen LogP contribution in [0.25, 0.3) is 0 Å². The van der Waals surface area contributed by atoms with Crippen molar-refractivity contribution in [1.82, 2.24) is 14.8 Å². The molecule has 2 saturated heterocycles. The van der Waals surface area contributed by atoms with Crippen LogP contribution < -0.4 is 5.32 Å². The van der Waals surface area contributed by atoms with E-state index in [0.29, 0.717) is 25.2 Å². The highest BCUT2D eigenvalue weighted by Gasteiger charge is 2.28. The molecule has 0 bridgehead atoms. The number of sulfone groups is 1. The van der Waals surface area contributed by atoms with Gasteiger partial charge in [-0.3, -0.25) is 9.78 Å². The van der Waals surface area contributed by atoms with Crippen LogP contribution in [0.5, 0.6) is 0 Å². The summed E-state index contributed by atoms with van der Waals surface area (Å²) in [4.78, 5) is 20.7. The Bertz CT molecular complexity index is 684. The molecule has 1 aromatic rings. The van der Waals surface area contributed by atoms with E-state index in [1.807, 2.05) is 11.9 Å². The number of likely N-dealkylation sites (N-methyl/N-ethyl adjacent to an activating group) is 1. The van der Waals surface area contributed by atoms with Crippen LogP contribution in [0.4, 0.5) is 5.69 Å². The van der Waals surface area contributed by atoms with E-state index in [1.54, 1.807) is 18.3 Å². The van der Waals surface area contributed by atoms with E-state index in [2.05, 4.69) is 15.2 Å². The van der Waals surface area contributed by atoms with Crippen molar-refractivity contribution in [3.05, 3.63) is 24.0 Å². The van der Waals surface area contributed by atoms with Gasteiger partial charge in [0.1, 0.15) is 5.69 Å². The zero-order valence-corrected chi connectivity index (χ0v) is 14.1. The molecule has 1 N–H and O–H groups in total. The van der Waals surface area contributed by atoms with Crippen LogP contribution in [0.3, 0.4) is 0 Å². The van der Waals surface area contributed by atoms with Crippen molar-refractivity contribution < 1.29 is 13.2 Å². The molecule has 126 valence electrons. The molecule has 1 amide bonds. The maximum Gasteiger partial charge on any atom is 0.272 e. The second kappa shape index (κ2) is 6.45. The number of rotatable bonds is 3. The molecule has 3 heterocycles. The Kier molecular flexibility index (Phi) is 4.54. The normalized spacial score (nSPS) is 24.6. The fourth-order valence-corrected chi connectivity index (χ4v) is 4.63. The predicted octanol–water partition coefficient (Wildman–Crippen LogP) is 0.0682. The van der Waals surface area contributed by atoms with Crippen molar-refractivity contribution in [2.24, 2.45) is 0 Å². The van der Waals surface area contributed by atoms with Crippen molar-refractivity contribution in [3.63, 3.8) is 0 Å². The standard InChI is InChI=1S/C15H22N4O3S/c1-18-5-7-19(8-6-18)15(20)14-10-12(2-4-16-14)17-13-3-9-23(21,22)11-13/h2,4,10,13H,3,5-9,11H2,1H3,(H,16,17). The van der Waals surface area contributed by atoms with E-state index in [4.69, 9.17) is 0 Å². The summed E-state index contributed by atoms with van der Waals surface area (Å²) in [6.07, 6.45) is 2.20. The molecule has 0 saturated carbocycles. The third kappa shape index (κ3) is 4.00. The predicted molar refractivity (Wildman–Crippen MR) is 88.3 cm³/mol. The first-order valence-electron chi connectivity index (χ1n) is 7.84. The monoisotopic (exact) mass is 338 g/mol. The van der Waals surface area contributed by atoms with Crippen molar-refractivity contribution in [2.45, 2.75) is 12.5 Å². The first kappa shape index (κ1) is 16.2. The first-order valence-corrected chi connectivity index (χ1v) is 9.66. The number of piperazine rings is 1. The van der Waals surface area contributed by atoms with Gasteiger partial charge in [0.15, 0.2) is 9.84 Å². The smallest absolute Gasteiger partial charge is 0.272 e. The third-order valence-corrected chi connectivity index (χ3v) is 6.14. The van der Waals surface area contributed by atoms with Crippen LogP contribution in [0.1, 0.15) is 16.9 Å². The van der Waals surface area contributed by atoms with Crippen LogP contribution in [0, 0.1) is 0 Å². The molecule has 0 aromatic carbocycles. The minimum Gasteiger partial charge on any atom is -0.381 e. The summed E-state index contributed by atoms with van der Waals surface area (Å²) in [5.41, 5.74) is 1.15. The molecule has 1 aromatic heterocycles. The maximum absolute atomic E-state index is 12.5. The van der Waals surface area contributed by atoms with Gasteiger partial charge in [0.05, 0.1) is 11.5 Å². The Hall–Kier alpha value is -1.67. The Labute approximate surface area is 136 Å². The first-order chi connectivity index (χ1) is 10.9. The molecular weight excluding hydrogens is 316 g/mol. The van der Waals surface area contributed by atoms with Gasteiger partial charge in [-0.15, -0.1) is 0 Å². The minimum atomic E-state index is -2.92. The average Bonchev–Trinajstić information content (AvgIpc) is 2.86. The van der Waals surface area contributed by atoms with Gasteiger partial charge in [-0.2, -0.15) is 0 Å². The van der Waals surface area contributed by atoms with Crippen LogP contribution in [-0.2, 0) is 9.84 Å². The topological polar surface area (TPSA) is 82.6 Å². The molecule has 0 aliphatic carbocycles. The highest BCUT2D eigenvalue weighted by atomic mass is 32.2. The fraction of sp³-hybridized carbons (Fsp3) is 0.600. The highest BCUT2D eigenvalue weighted by molar-refractivity contribution is 7.91. The summed E-state index contributed by atoms with van der Waals surface area (Å²) in [5.74, 6) is 0.306. The van der Waals surface area contributed by atoms with Crippen LogP contribution in [0.15, 0.2) is 18.3 Å². The van der Waals surface area contributed by atoms with Crippen LogP contribution >= 0.6 is 0 Å². The largest absolute Gasteiger partial charge is 0.381 e. The fourth-order valence-electron chi connectivity index (χ4n) is 2.95. The number of nitrogens with zero attached hydrogens (tertiary/aromatic N) is 3. The number of carbonyl (C=O) groups excluding carboxylic acids is 1. The van der Waals surface area contributed by atoms with Crippen molar-refractivity contribution in [1.29, 1.82) is 0 Å². The number of hydrogen-bond donors (Lipinski definition) is 1. The molecule has 8 heteroatoms. The highest BCUT2D eigenvalue weighted by Crippen LogP contribution is 2.18. The number of anilines is 1. The van der Waals surface area contributed by atoms with E-state index in [-0.39, 0.29) is 23.5 Å². The van der Waals surface area contributed by atoms with E-state index >= 15 is 0 Å². The molecule has 2 aliphatic rings. The second-order valence-electron chi connectivity index (χ2n) is 6.27. The molecule has 0 spiro atoms. The summed E-state index contributed by atoms with van der Waals surface area (Å²) in [6.45, 7) is 3.14. The Morgan fingerprint density at radius 1 is 1.30 bits per heavy atom. The van der Waals surface area contributed by atoms with Gasteiger partial charge in [-0.05, 0) is 25.6 Å². The van der Waals surface area contributed by atoms with E-state index < -0.39 is 9.84 Å². The number of pyridine rings is 1. The van der Waals surface area contributed by atoms with Gasteiger partial charge in [-0.1, -0.05) is 0 Å². The summed E-state index contributed by atoms with van der Waals surface area (Å²) < 4.78 is 23.0. The zero-order valence-electron chi connectivity index (χ0n) is 13.2. The molecule has 2 fully saturated rings. The zero-order chi connectivity index (χ0) is 16.4. The van der Waals surface area contributed by atoms with Crippen LogP contribution in [0.2, 0.25) is 0 Å². The molecule has 0 radical (unpaired) electrons. The minimum absolute atomic E-state index is 0.0687. The van der Waals surface area contributed by atoms with Crippen LogP contribution in [-0.4, -0.2) is 79.9 Å². The molecule has 7 nitrogen and oxygen atoms in total. The third-order valence-electron chi connectivity index (χ3n) is 4.37. The Morgan fingerprint density at radius 2 is 2.04 bits per heavy atom. The number of amides is 1. The SMILES string of the molecule is CN1CCN(C(=O)c2cc(NC3CCS(=O)(=O)C3)ccn2)CC1. The maximum atomic E-state index is 12.5. The average molecular weight is 338 g/mol. The number of carbonyl (C=O) groups is 1. The lowest BCUT2D eigenvalue weighted by Gasteiger charge is -2.32. The van der Waals surface area contributed by atoms with Gasteiger partial charge in [-0.25, -0.2) is 8.42 Å². The summed E-state index contributed by atoms with van der Waals surface area (Å²) in [7, 11) is -0.880. The van der Waals surface area contributed by atoms with E-state index in [0.717, 1.165) is 18.8 Å². The van der Waals surface area contributed by atoms with Gasteiger partial charge < -0.3 is 15.1 Å². The summed E-state index contributed by atoms with van der Waals surface area (Å²) in [5, 5.41) is 3.20. The van der Waals surface area contributed by atoms with Gasteiger partial charge >= 0.3 is 0 Å².